The lowest BCUT2D eigenvalue weighted by molar-refractivity contribution is 0.0522. The number of methoxy groups -OCH3 is 4. The molecule has 0 unspecified atom stereocenters. The molecule has 0 saturated heterocycles. The van der Waals surface area contributed by atoms with Crippen molar-refractivity contribution >= 4 is 45.4 Å². The molecule has 8 nitrogen and oxygen atoms in total. The monoisotopic (exact) mass is 562 g/mol. The van der Waals surface area contributed by atoms with Gasteiger partial charge in [0.25, 0.3) is 0 Å². The van der Waals surface area contributed by atoms with Crippen LogP contribution in [0.4, 0.5) is 0 Å². The molecular formula is C34H26O8. The van der Waals surface area contributed by atoms with E-state index in [4.69, 9.17) is 18.9 Å². The van der Waals surface area contributed by atoms with Gasteiger partial charge in [0.1, 0.15) is 0 Å². The van der Waals surface area contributed by atoms with Crippen molar-refractivity contribution in [3.63, 3.8) is 0 Å². The number of hydrogen-bond acceptors (Lipinski definition) is 8. The van der Waals surface area contributed by atoms with Crippen molar-refractivity contribution in [2.24, 2.45) is 0 Å². The highest BCUT2D eigenvalue weighted by Crippen LogP contribution is 2.46. The van der Waals surface area contributed by atoms with E-state index in [9.17, 15) is 19.2 Å². The number of hydrogen-bond donors (Lipinski definition) is 0. The fourth-order valence-corrected chi connectivity index (χ4v) is 5.40. The van der Waals surface area contributed by atoms with Crippen molar-refractivity contribution in [2.75, 3.05) is 28.4 Å². The van der Waals surface area contributed by atoms with E-state index < -0.39 is 35.0 Å². The van der Waals surface area contributed by atoms with Crippen molar-refractivity contribution < 1.29 is 38.1 Å². The van der Waals surface area contributed by atoms with Crippen LogP contribution >= 0.6 is 0 Å². The van der Waals surface area contributed by atoms with Gasteiger partial charge in [-0.1, -0.05) is 84.9 Å². The van der Waals surface area contributed by atoms with E-state index >= 15 is 0 Å². The average molecular weight is 563 g/mol. The van der Waals surface area contributed by atoms with Crippen LogP contribution in [-0.4, -0.2) is 52.3 Å². The number of carbonyl (C=O) groups excluding carboxylic acids is 4. The number of fused-ring (bicyclic) bond motifs is 2. The third kappa shape index (κ3) is 4.53. The van der Waals surface area contributed by atoms with Crippen LogP contribution in [-0.2, 0) is 18.9 Å². The summed E-state index contributed by atoms with van der Waals surface area (Å²) in [5.41, 5.74) is -0.0151. The fourth-order valence-electron chi connectivity index (χ4n) is 5.40. The predicted molar refractivity (Wildman–Crippen MR) is 158 cm³/mol. The smallest absolute Gasteiger partial charge is 0.339 e. The van der Waals surface area contributed by atoms with Gasteiger partial charge in [-0.05, 0) is 32.7 Å². The Morgan fingerprint density at radius 2 is 0.714 bits per heavy atom. The second-order valence-electron chi connectivity index (χ2n) is 9.27. The molecule has 0 amide bonds. The molecule has 8 heteroatoms. The summed E-state index contributed by atoms with van der Waals surface area (Å²) < 4.78 is 20.5. The van der Waals surface area contributed by atoms with Gasteiger partial charge in [0.15, 0.2) is 0 Å². The van der Waals surface area contributed by atoms with Gasteiger partial charge in [0, 0.05) is 11.1 Å². The second-order valence-corrected chi connectivity index (χ2v) is 9.27. The van der Waals surface area contributed by atoms with E-state index in [1.54, 1.807) is 24.3 Å². The van der Waals surface area contributed by atoms with E-state index in [1.807, 2.05) is 60.7 Å². The van der Waals surface area contributed by atoms with Gasteiger partial charge in [-0.25, -0.2) is 19.2 Å². The lowest BCUT2D eigenvalue weighted by Gasteiger charge is -2.24. The maximum absolute atomic E-state index is 13.7. The predicted octanol–water partition coefficient (Wildman–Crippen LogP) is 6.47. The van der Waals surface area contributed by atoms with Crippen molar-refractivity contribution in [3.8, 4) is 22.3 Å². The van der Waals surface area contributed by atoms with Gasteiger partial charge < -0.3 is 18.9 Å². The maximum Gasteiger partial charge on any atom is 0.339 e. The molecule has 0 N–H and O–H groups in total. The second kappa shape index (κ2) is 11.5. The summed E-state index contributed by atoms with van der Waals surface area (Å²) in [7, 11) is 4.55. The van der Waals surface area contributed by atoms with Crippen LogP contribution in [0.2, 0.25) is 0 Å². The van der Waals surface area contributed by atoms with Crippen molar-refractivity contribution in [1.29, 1.82) is 0 Å². The van der Waals surface area contributed by atoms with Crippen molar-refractivity contribution in [2.45, 2.75) is 0 Å². The molecule has 42 heavy (non-hydrogen) atoms. The van der Waals surface area contributed by atoms with Crippen LogP contribution in [0, 0.1) is 0 Å². The van der Waals surface area contributed by atoms with Gasteiger partial charge in [-0.2, -0.15) is 0 Å². The molecular weight excluding hydrogens is 536 g/mol. The minimum atomic E-state index is -1.04. The van der Waals surface area contributed by atoms with Gasteiger partial charge in [-0.3, -0.25) is 0 Å². The van der Waals surface area contributed by atoms with E-state index in [1.165, 1.54) is 14.2 Å². The largest absolute Gasteiger partial charge is 0.465 e. The van der Waals surface area contributed by atoms with Crippen LogP contribution < -0.4 is 0 Å². The summed E-state index contributed by atoms with van der Waals surface area (Å²) in [6, 6.07) is 25.9. The van der Waals surface area contributed by atoms with Gasteiger partial charge in [0.2, 0.25) is 0 Å². The lowest BCUT2D eigenvalue weighted by atomic mass is 9.78. The molecule has 0 atom stereocenters. The fraction of sp³-hybridized carbons (Fsp3) is 0.118. The third-order valence-electron chi connectivity index (χ3n) is 7.18. The van der Waals surface area contributed by atoms with E-state index in [-0.39, 0.29) is 22.3 Å². The Morgan fingerprint density at radius 3 is 1.07 bits per heavy atom. The summed E-state index contributed by atoms with van der Waals surface area (Å²) in [5, 5.41) is 3.13. The van der Waals surface area contributed by atoms with Gasteiger partial charge in [0.05, 0.1) is 50.7 Å². The Balaban J connectivity index is 2.19. The maximum atomic E-state index is 13.7. The molecule has 0 fully saturated rings. The molecule has 0 heterocycles. The zero-order valence-corrected chi connectivity index (χ0v) is 23.3. The molecule has 5 rings (SSSR count). The Morgan fingerprint density at radius 1 is 0.405 bits per heavy atom. The summed E-state index contributed by atoms with van der Waals surface area (Å²) in [6.07, 6.45) is 0. The number of benzene rings is 5. The number of rotatable bonds is 6. The van der Waals surface area contributed by atoms with E-state index in [0.717, 1.165) is 35.8 Å². The Bertz CT molecular complexity index is 1760. The summed E-state index contributed by atoms with van der Waals surface area (Å²) in [4.78, 5) is 54.4. The minimum Gasteiger partial charge on any atom is -0.465 e. The first-order chi connectivity index (χ1) is 20.4. The average Bonchev–Trinajstić information content (AvgIpc) is 3.05. The molecule has 5 aromatic rings. The first kappa shape index (κ1) is 28.0. The Hall–Kier alpha value is -5.50. The third-order valence-corrected chi connectivity index (χ3v) is 7.18. The Kier molecular flexibility index (Phi) is 7.71. The van der Waals surface area contributed by atoms with Crippen LogP contribution in [0.3, 0.4) is 0 Å². The number of esters is 4. The van der Waals surface area contributed by atoms with Crippen LogP contribution in [0.5, 0.6) is 0 Å². The van der Waals surface area contributed by atoms with E-state index in [0.29, 0.717) is 11.1 Å². The standard InChI is InChI=1S/C34H26O8/c1-39-31(35)27-25(23-17-9-13-19-11-5-7-15-21(19)23)26(24-18-10-14-20-12-6-8-16-22(20)24)28(32(36)40-2)30(34(38)42-4)29(27)33(37)41-3/h5-18H,1-4H3. The summed E-state index contributed by atoms with van der Waals surface area (Å²) in [6.45, 7) is 0. The molecule has 0 aliphatic heterocycles. The van der Waals surface area contributed by atoms with Crippen molar-refractivity contribution in [1.82, 2.24) is 0 Å². The highest BCUT2D eigenvalue weighted by atomic mass is 16.5. The van der Waals surface area contributed by atoms with Crippen LogP contribution in [0.15, 0.2) is 84.9 Å². The quantitative estimate of drug-likeness (QED) is 0.171. The topological polar surface area (TPSA) is 105 Å². The van der Waals surface area contributed by atoms with Gasteiger partial charge >= 0.3 is 23.9 Å². The number of carbonyl (C=O) groups is 4. The van der Waals surface area contributed by atoms with Crippen LogP contribution in [0.25, 0.3) is 43.8 Å². The molecule has 0 radical (unpaired) electrons. The highest BCUT2D eigenvalue weighted by molar-refractivity contribution is 6.24. The number of ether oxygens (including phenoxy) is 4. The highest BCUT2D eigenvalue weighted by Gasteiger charge is 2.39. The SMILES string of the molecule is COC(=O)c1c(C(=O)OC)c(C(=O)OC)c(-c2cccc3ccccc23)c(-c2cccc3ccccc23)c1C(=O)OC. The summed E-state index contributed by atoms with van der Waals surface area (Å²) >= 11 is 0. The molecule has 0 aliphatic carbocycles. The molecule has 210 valence electrons. The first-order valence-electron chi connectivity index (χ1n) is 12.9. The molecule has 0 saturated carbocycles. The van der Waals surface area contributed by atoms with Crippen molar-refractivity contribution in [3.05, 3.63) is 107 Å². The normalized spacial score (nSPS) is 10.8. The molecule has 0 aromatic heterocycles. The zero-order valence-electron chi connectivity index (χ0n) is 23.3. The molecule has 5 aromatic carbocycles. The van der Waals surface area contributed by atoms with Gasteiger partial charge in [-0.15, -0.1) is 0 Å². The Labute approximate surface area is 241 Å². The first-order valence-corrected chi connectivity index (χ1v) is 12.9. The molecule has 0 aliphatic rings. The zero-order chi connectivity index (χ0) is 30.0. The minimum absolute atomic E-state index is 0.198. The molecule has 0 spiro atoms. The van der Waals surface area contributed by atoms with Crippen LogP contribution in [0.1, 0.15) is 41.4 Å². The molecule has 0 bridgehead atoms. The summed E-state index contributed by atoms with van der Waals surface area (Å²) in [5.74, 6) is -3.90. The lowest BCUT2D eigenvalue weighted by Crippen LogP contribution is -2.24. The van der Waals surface area contributed by atoms with E-state index in [2.05, 4.69) is 0 Å².